The molecule has 1 saturated carbocycles. The van der Waals surface area contributed by atoms with Crippen molar-refractivity contribution in [3.63, 3.8) is 0 Å². The number of hydrogen-bond acceptors (Lipinski definition) is 9. The van der Waals surface area contributed by atoms with Gasteiger partial charge in [0, 0.05) is 31.7 Å². The first-order chi connectivity index (χ1) is 16.8. The molecule has 1 aliphatic heterocycles. The van der Waals surface area contributed by atoms with E-state index in [4.69, 9.17) is 10.5 Å². The van der Waals surface area contributed by atoms with E-state index in [-0.39, 0.29) is 35.1 Å². The van der Waals surface area contributed by atoms with Gasteiger partial charge in [0.05, 0.1) is 34.4 Å². The minimum Gasteiger partial charge on any atom is -0.421 e. The lowest BCUT2D eigenvalue weighted by Crippen LogP contribution is -2.41. The third kappa shape index (κ3) is 3.43. The molecule has 182 valence electrons. The number of fused-ring (bicyclic) bond motifs is 5. The summed E-state index contributed by atoms with van der Waals surface area (Å²) in [6.45, 7) is 2.22. The number of hydrogen-bond donors (Lipinski definition) is 4. The lowest BCUT2D eigenvalue weighted by molar-refractivity contribution is 0.188. The molecule has 0 spiro atoms. The number of halogens is 2. The van der Waals surface area contributed by atoms with Crippen LogP contribution in [-0.4, -0.2) is 55.7 Å². The molecule has 2 fully saturated rings. The Hall–Kier alpha value is -3.64. The van der Waals surface area contributed by atoms with Crippen molar-refractivity contribution in [2.75, 3.05) is 23.8 Å². The maximum Gasteiger partial charge on any atom is 0.326 e. The molecule has 1 saturated heterocycles. The average Bonchev–Trinajstić information content (AvgIpc) is 3.53. The van der Waals surface area contributed by atoms with Crippen LogP contribution >= 0.6 is 0 Å². The molecule has 12 heteroatoms. The molecule has 35 heavy (non-hydrogen) atoms. The Morgan fingerprint density at radius 3 is 2.63 bits per heavy atom. The second-order valence-corrected chi connectivity index (χ2v) is 9.15. The Kier molecular flexibility index (Phi) is 4.97. The van der Waals surface area contributed by atoms with Crippen molar-refractivity contribution in [1.29, 1.82) is 0 Å². The smallest absolute Gasteiger partial charge is 0.326 e. The Morgan fingerprint density at radius 1 is 1.23 bits per heavy atom. The van der Waals surface area contributed by atoms with Crippen LogP contribution in [0.4, 0.5) is 20.3 Å². The number of anilines is 2. The monoisotopic (exact) mass is 482 g/mol. The number of piperidine rings is 1. The highest BCUT2D eigenvalue weighted by molar-refractivity contribution is 6.15. The van der Waals surface area contributed by atoms with Crippen LogP contribution in [0.15, 0.2) is 18.5 Å². The number of rotatable bonds is 5. The molecule has 4 atom stereocenters. The van der Waals surface area contributed by atoms with Gasteiger partial charge >= 0.3 is 6.01 Å². The molecule has 4 heterocycles. The summed E-state index contributed by atoms with van der Waals surface area (Å²) < 4.78 is 35.5. The third-order valence-electron chi connectivity index (χ3n) is 6.95. The Morgan fingerprint density at radius 2 is 2.00 bits per heavy atom. The molecular formula is C23H24F2N8O2. The zero-order valence-corrected chi connectivity index (χ0v) is 19.1. The largest absolute Gasteiger partial charge is 0.421 e. The molecule has 0 amide bonds. The number of aliphatic hydroxyl groups excluding tert-OH is 1. The second kappa shape index (κ2) is 7.95. The third-order valence-corrected chi connectivity index (χ3v) is 6.95. The number of benzene rings is 1. The van der Waals surface area contributed by atoms with Gasteiger partial charge in [-0.15, -0.1) is 0 Å². The number of aliphatic hydroxyl groups is 1. The first-order valence-corrected chi connectivity index (χ1v) is 11.4. The molecule has 10 nitrogen and oxygen atoms in total. The van der Waals surface area contributed by atoms with Crippen molar-refractivity contribution >= 4 is 33.4 Å². The van der Waals surface area contributed by atoms with Gasteiger partial charge in [-0.3, -0.25) is 0 Å². The summed E-state index contributed by atoms with van der Waals surface area (Å²) in [5.41, 5.74) is 7.35. The van der Waals surface area contributed by atoms with Crippen molar-refractivity contribution in [2.45, 2.75) is 38.0 Å². The summed E-state index contributed by atoms with van der Waals surface area (Å²) in [7, 11) is 1.64. The summed E-state index contributed by atoms with van der Waals surface area (Å²) in [4.78, 5) is 22.5. The highest BCUT2D eigenvalue weighted by Crippen LogP contribution is 2.44. The average molecular weight is 482 g/mol. The van der Waals surface area contributed by atoms with Gasteiger partial charge in [-0.25, -0.2) is 18.7 Å². The first-order valence-electron chi connectivity index (χ1n) is 11.4. The molecule has 4 aromatic rings. The van der Waals surface area contributed by atoms with E-state index in [0.29, 0.717) is 40.5 Å². The standard InChI is InChI=1S/C23H24F2N8O2/c1-9(34)20-28-6-12(7-29-20)35-23-31-21-17(16-18(25)13(24)5-15(27-2)19(16)30-21)22(32-23)33-8-10-3-11(33)4-14(10)26/h5-7,9-11,14,27,34H,3-4,8,26H2,1-2H3,(H,30,31,32)/t9-,10-,11-,14-/m1/s1. The van der Waals surface area contributed by atoms with E-state index in [2.05, 4.69) is 35.1 Å². The van der Waals surface area contributed by atoms with E-state index < -0.39 is 17.7 Å². The number of nitrogens with one attached hydrogen (secondary N) is 2. The van der Waals surface area contributed by atoms with Gasteiger partial charge in [0.1, 0.15) is 17.6 Å². The Labute approximate surface area is 198 Å². The molecule has 0 unspecified atom stereocenters. The lowest BCUT2D eigenvalue weighted by Gasteiger charge is -2.31. The Bertz CT molecular complexity index is 1440. The van der Waals surface area contributed by atoms with Gasteiger partial charge in [0.25, 0.3) is 0 Å². The van der Waals surface area contributed by atoms with E-state index in [1.54, 1.807) is 14.0 Å². The summed E-state index contributed by atoms with van der Waals surface area (Å²) >= 11 is 0. The summed E-state index contributed by atoms with van der Waals surface area (Å²) in [5, 5.41) is 13.0. The van der Waals surface area contributed by atoms with Crippen molar-refractivity contribution in [3.8, 4) is 11.8 Å². The van der Waals surface area contributed by atoms with Crippen molar-refractivity contribution < 1.29 is 18.6 Å². The van der Waals surface area contributed by atoms with Gasteiger partial charge in [-0.05, 0) is 25.7 Å². The molecule has 6 rings (SSSR count). The zero-order chi connectivity index (χ0) is 24.4. The molecular weight excluding hydrogens is 458 g/mol. The molecule has 3 aromatic heterocycles. The fourth-order valence-corrected chi connectivity index (χ4v) is 5.26. The van der Waals surface area contributed by atoms with Crippen LogP contribution in [0.5, 0.6) is 11.8 Å². The van der Waals surface area contributed by atoms with E-state index in [9.17, 15) is 9.50 Å². The predicted octanol–water partition coefficient (Wildman–Crippen LogP) is 2.99. The van der Waals surface area contributed by atoms with Crippen LogP contribution in [0.3, 0.4) is 0 Å². The first kappa shape index (κ1) is 21.9. The number of nitrogens with two attached hydrogens (primary N) is 1. The fourth-order valence-electron chi connectivity index (χ4n) is 5.26. The van der Waals surface area contributed by atoms with Gasteiger partial charge in [0.2, 0.25) is 0 Å². The minimum atomic E-state index is -0.966. The van der Waals surface area contributed by atoms with E-state index >= 15 is 4.39 Å². The van der Waals surface area contributed by atoms with Crippen molar-refractivity contribution in [2.24, 2.45) is 11.7 Å². The van der Waals surface area contributed by atoms with E-state index in [1.807, 2.05) is 0 Å². The molecule has 0 radical (unpaired) electrons. The van der Waals surface area contributed by atoms with Crippen molar-refractivity contribution in [1.82, 2.24) is 24.9 Å². The number of aromatic nitrogens is 5. The highest BCUT2D eigenvalue weighted by Gasteiger charge is 2.44. The van der Waals surface area contributed by atoms with Gasteiger partial charge in [-0.2, -0.15) is 9.97 Å². The maximum absolute atomic E-state index is 15.2. The van der Waals surface area contributed by atoms with Crippen molar-refractivity contribution in [3.05, 3.63) is 35.9 Å². The van der Waals surface area contributed by atoms with Crippen LogP contribution in [0.25, 0.3) is 21.9 Å². The second-order valence-electron chi connectivity index (χ2n) is 9.15. The number of ether oxygens (including phenoxy) is 1. The summed E-state index contributed by atoms with van der Waals surface area (Å²) in [6.07, 6.45) is 3.72. The normalized spacial score (nSPS) is 22.3. The van der Waals surface area contributed by atoms with E-state index in [0.717, 1.165) is 18.9 Å². The zero-order valence-electron chi connectivity index (χ0n) is 19.1. The van der Waals surface area contributed by atoms with Gasteiger partial charge in [0.15, 0.2) is 23.2 Å². The SMILES string of the molecule is CNc1cc(F)c(F)c2c1[nH]c1nc(Oc3cnc([C@@H](C)O)nc3)nc(N3C[C@H]4C[C@@H]3C[C@H]4N)c12. The summed E-state index contributed by atoms with van der Waals surface area (Å²) in [5.74, 6) is -0.638. The van der Waals surface area contributed by atoms with Crippen LogP contribution in [0.1, 0.15) is 31.7 Å². The lowest BCUT2D eigenvalue weighted by atomic mass is 10.0. The minimum absolute atomic E-state index is 0.00594. The van der Waals surface area contributed by atoms with Crippen LogP contribution < -0.4 is 20.7 Å². The molecule has 5 N–H and O–H groups in total. The number of aromatic amines is 1. The number of H-pyrrole nitrogens is 1. The van der Waals surface area contributed by atoms with E-state index in [1.165, 1.54) is 12.4 Å². The maximum atomic E-state index is 15.2. The molecule has 2 aliphatic rings. The van der Waals surface area contributed by atoms with Gasteiger partial charge in [-0.1, -0.05) is 0 Å². The molecule has 1 aromatic carbocycles. The van der Waals surface area contributed by atoms with Crippen LogP contribution in [0, 0.1) is 17.6 Å². The molecule has 1 aliphatic carbocycles. The fraction of sp³-hybridized carbons (Fsp3) is 0.391. The quantitative estimate of drug-likeness (QED) is 0.338. The molecule has 2 bridgehead atoms. The van der Waals surface area contributed by atoms with Crippen LogP contribution in [-0.2, 0) is 0 Å². The highest BCUT2D eigenvalue weighted by atomic mass is 19.2. The topological polar surface area (TPSA) is 138 Å². The summed E-state index contributed by atoms with van der Waals surface area (Å²) in [6, 6.07) is 1.36. The number of nitrogens with zero attached hydrogens (tertiary/aromatic N) is 5. The van der Waals surface area contributed by atoms with Crippen LogP contribution in [0.2, 0.25) is 0 Å². The predicted molar refractivity (Wildman–Crippen MR) is 125 cm³/mol. The Balaban J connectivity index is 1.53. The van der Waals surface area contributed by atoms with Gasteiger partial charge < -0.3 is 30.8 Å².